The summed E-state index contributed by atoms with van der Waals surface area (Å²) in [5.74, 6) is 0.390. The van der Waals surface area contributed by atoms with Crippen LogP contribution < -0.4 is 10.5 Å². The minimum Gasteiger partial charge on any atom is -0.351 e. The standard InChI is InChI=1S/C14H17ClN2O3S/c15-12-4-3-10(21(16,19)20)7-11(12)13(18)17-8-14(5-6-14)9-1-2-9/h3-4,7,9H,1-2,5-6,8H2,(H,17,18)(H2,16,19,20). The number of halogens is 1. The Morgan fingerprint density at radius 3 is 2.57 bits per heavy atom. The zero-order valence-electron chi connectivity index (χ0n) is 11.4. The number of nitrogens with one attached hydrogen (secondary N) is 1. The molecule has 1 amide bonds. The first-order valence-electron chi connectivity index (χ1n) is 6.92. The lowest BCUT2D eigenvalue weighted by molar-refractivity contribution is 0.0942. The van der Waals surface area contributed by atoms with E-state index in [0.29, 0.717) is 6.54 Å². The number of benzene rings is 1. The van der Waals surface area contributed by atoms with E-state index in [4.69, 9.17) is 16.7 Å². The van der Waals surface area contributed by atoms with E-state index < -0.39 is 10.0 Å². The Labute approximate surface area is 128 Å². The van der Waals surface area contributed by atoms with Crippen LogP contribution in [0, 0.1) is 11.3 Å². The topological polar surface area (TPSA) is 89.3 Å². The fraction of sp³-hybridized carbons (Fsp3) is 0.500. The molecular weight excluding hydrogens is 312 g/mol. The maximum absolute atomic E-state index is 12.2. The lowest BCUT2D eigenvalue weighted by Crippen LogP contribution is -2.31. The Bertz CT molecular complexity index is 694. The van der Waals surface area contributed by atoms with Gasteiger partial charge in [-0.2, -0.15) is 0 Å². The molecule has 1 aromatic rings. The summed E-state index contributed by atoms with van der Waals surface area (Å²) in [6.45, 7) is 0.631. The number of carbonyl (C=O) groups excluding carboxylic acids is 1. The molecule has 0 aliphatic heterocycles. The van der Waals surface area contributed by atoms with Gasteiger partial charge < -0.3 is 5.32 Å². The maximum Gasteiger partial charge on any atom is 0.252 e. The monoisotopic (exact) mass is 328 g/mol. The highest BCUT2D eigenvalue weighted by molar-refractivity contribution is 7.89. The summed E-state index contributed by atoms with van der Waals surface area (Å²) in [6.07, 6.45) is 4.81. The van der Waals surface area contributed by atoms with Gasteiger partial charge >= 0.3 is 0 Å². The summed E-state index contributed by atoms with van der Waals surface area (Å²) in [4.78, 5) is 12.1. The first-order valence-corrected chi connectivity index (χ1v) is 8.85. The van der Waals surface area contributed by atoms with E-state index in [0.717, 1.165) is 18.8 Å². The van der Waals surface area contributed by atoms with E-state index in [1.807, 2.05) is 0 Å². The van der Waals surface area contributed by atoms with E-state index >= 15 is 0 Å². The Balaban J connectivity index is 1.74. The van der Waals surface area contributed by atoms with Gasteiger partial charge in [0, 0.05) is 6.54 Å². The second-order valence-electron chi connectivity index (χ2n) is 6.01. The van der Waals surface area contributed by atoms with E-state index in [1.165, 1.54) is 31.0 Å². The fourth-order valence-corrected chi connectivity index (χ4v) is 3.54. The fourth-order valence-electron chi connectivity index (χ4n) is 2.79. The van der Waals surface area contributed by atoms with E-state index in [-0.39, 0.29) is 26.8 Å². The first kappa shape index (κ1) is 14.8. The lowest BCUT2D eigenvalue weighted by atomic mass is 10.0. The van der Waals surface area contributed by atoms with Gasteiger partial charge in [0.1, 0.15) is 0 Å². The molecule has 3 N–H and O–H groups in total. The minimum absolute atomic E-state index is 0.111. The third-order valence-electron chi connectivity index (χ3n) is 4.45. The summed E-state index contributed by atoms with van der Waals surface area (Å²) in [6, 6.07) is 3.90. The van der Waals surface area contributed by atoms with Crippen LogP contribution in [-0.2, 0) is 10.0 Å². The molecule has 0 heterocycles. The Kier molecular flexibility index (Phi) is 3.50. The highest BCUT2D eigenvalue weighted by Gasteiger charge is 2.53. The molecule has 2 fully saturated rings. The Morgan fingerprint density at radius 2 is 2.05 bits per heavy atom. The van der Waals surface area contributed by atoms with Gasteiger partial charge in [-0.1, -0.05) is 11.6 Å². The van der Waals surface area contributed by atoms with Gasteiger partial charge in [0.15, 0.2) is 0 Å². The van der Waals surface area contributed by atoms with Crippen LogP contribution >= 0.6 is 11.6 Å². The van der Waals surface area contributed by atoms with Crippen molar-refractivity contribution in [3.63, 3.8) is 0 Å². The highest BCUT2D eigenvalue weighted by Crippen LogP contribution is 2.60. The Morgan fingerprint density at radius 1 is 1.38 bits per heavy atom. The van der Waals surface area contributed by atoms with Crippen molar-refractivity contribution >= 4 is 27.5 Å². The van der Waals surface area contributed by atoms with Gasteiger partial charge in [-0.05, 0) is 55.2 Å². The third-order valence-corrected chi connectivity index (χ3v) is 5.69. The minimum atomic E-state index is -3.85. The molecule has 0 unspecified atom stereocenters. The number of rotatable bonds is 5. The molecule has 2 saturated carbocycles. The SMILES string of the molecule is NS(=O)(=O)c1ccc(Cl)c(C(=O)NCC2(C3CC3)CC2)c1. The second kappa shape index (κ2) is 4.97. The molecule has 0 radical (unpaired) electrons. The molecule has 0 aromatic heterocycles. The van der Waals surface area contributed by atoms with Crippen LogP contribution in [0.2, 0.25) is 5.02 Å². The summed E-state index contributed by atoms with van der Waals surface area (Å²) in [5.41, 5.74) is 0.425. The van der Waals surface area contributed by atoms with Gasteiger partial charge in [-0.15, -0.1) is 0 Å². The van der Waals surface area contributed by atoms with Crippen LogP contribution in [-0.4, -0.2) is 20.9 Å². The van der Waals surface area contributed by atoms with Crippen LogP contribution in [0.15, 0.2) is 23.1 Å². The van der Waals surface area contributed by atoms with Crippen molar-refractivity contribution < 1.29 is 13.2 Å². The zero-order chi connectivity index (χ0) is 15.3. The van der Waals surface area contributed by atoms with Gasteiger partial charge in [0.2, 0.25) is 10.0 Å². The predicted octanol–water partition coefficient (Wildman–Crippen LogP) is 1.91. The molecule has 1 aromatic carbocycles. The molecular formula is C14H17ClN2O3S. The van der Waals surface area contributed by atoms with Gasteiger partial charge in [-0.3, -0.25) is 4.79 Å². The molecule has 7 heteroatoms. The Hall–Kier alpha value is -1.11. The van der Waals surface area contributed by atoms with Crippen molar-refractivity contribution in [2.75, 3.05) is 6.54 Å². The normalized spacial score (nSPS) is 20.1. The number of hydrogen-bond donors (Lipinski definition) is 2. The van der Waals surface area contributed by atoms with Crippen LogP contribution in [0.5, 0.6) is 0 Å². The van der Waals surface area contributed by atoms with Crippen molar-refractivity contribution in [1.29, 1.82) is 0 Å². The lowest BCUT2D eigenvalue weighted by Gasteiger charge is -2.15. The molecule has 0 saturated heterocycles. The van der Waals surface area contributed by atoms with Gasteiger partial charge in [0.25, 0.3) is 5.91 Å². The summed E-state index contributed by atoms with van der Waals surface area (Å²) >= 11 is 5.99. The number of sulfonamides is 1. The quantitative estimate of drug-likeness (QED) is 0.865. The van der Waals surface area contributed by atoms with Crippen molar-refractivity contribution in [1.82, 2.24) is 5.32 Å². The summed E-state index contributed by atoms with van der Waals surface area (Å²) < 4.78 is 22.7. The van der Waals surface area contributed by atoms with Crippen molar-refractivity contribution in [3.8, 4) is 0 Å². The average Bonchev–Trinajstić information content (AvgIpc) is 3.25. The van der Waals surface area contributed by atoms with E-state index in [1.54, 1.807) is 0 Å². The molecule has 0 bridgehead atoms. The van der Waals surface area contributed by atoms with Crippen molar-refractivity contribution in [2.45, 2.75) is 30.6 Å². The van der Waals surface area contributed by atoms with Crippen LogP contribution in [0.4, 0.5) is 0 Å². The van der Waals surface area contributed by atoms with Crippen molar-refractivity contribution in [3.05, 3.63) is 28.8 Å². The number of amides is 1. The average molecular weight is 329 g/mol. The summed E-state index contributed by atoms with van der Waals surface area (Å²) in [7, 11) is -3.85. The zero-order valence-corrected chi connectivity index (χ0v) is 13.0. The van der Waals surface area contributed by atoms with E-state index in [2.05, 4.69) is 5.32 Å². The molecule has 114 valence electrons. The molecule has 2 aliphatic carbocycles. The van der Waals surface area contributed by atoms with E-state index in [9.17, 15) is 13.2 Å². The van der Waals surface area contributed by atoms with Gasteiger partial charge in [-0.25, -0.2) is 13.6 Å². The molecule has 0 spiro atoms. The molecule has 2 aliphatic rings. The maximum atomic E-state index is 12.2. The molecule has 5 nitrogen and oxygen atoms in total. The number of carbonyl (C=O) groups is 1. The van der Waals surface area contributed by atoms with Crippen molar-refractivity contribution in [2.24, 2.45) is 16.5 Å². The third kappa shape index (κ3) is 3.07. The number of nitrogens with two attached hydrogens (primary N) is 1. The first-order chi connectivity index (χ1) is 9.82. The molecule has 0 atom stereocenters. The molecule has 3 rings (SSSR count). The number of primary sulfonamides is 1. The van der Waals surface area contributed by atoms with Crippen LogP contribution in [0.1, 0.15) is 36.0 Å². The van der Waals surface area contributed by atoms with Crippen LogP contribution in [0.3, 0.4) is 0 Å². The predicted molar refractivity (Wildman–Crippen MR) is 79.5 cm³/mol. The largest absolute Gasteiger partial charge is 0.351 e. The molecule has 21 heavy (non-hydrogen) atoms. The second-order valence-corrected chi connectivity index (χ2v) is 7.97. The van der Waals surface area contributed by atoms with Crippen LogP contribution in [0.25, 0.3) is 0 Å². The smallest absolute Gasteiger partial charge is 0.252 e. The summed E-state index contributed by atoms with van der Waals surface area (Å²) in [5, 5.41) is 8.18. The number of hydrogen-bond acceptors (Lipinski definition) is 3. The van der Waals surface area contributed by atoms with Gasteiger partial charge in [0.05, 0.1) is 15.5 Å². The highest BCUT2D eigenvalue weighted by atomic mass is 35.5.